The monoisotopic (exact) mass is 214 g/mol. The lowest BCUT2D eigenvalue weighted by Gasteiger charge is -2.39. The second-order valence-electron chi connectivity index (χ2n) is 7.65. The molecule has 0 radical (unpaired) electrons. The summed E-state index contributed by atoms with van der Waals surface area (Å²) in [4.78, 5) is 0. The molecular formula is C16H22. The fraction of sp³-hybridized carbons (Fsp3) is 0.875. The van der Waals surface area contributed by atoms with Crippen molar-refractivity contribution in [3.63, 3.8) is 0 Å². The molecule has 0 N–H and O–H groups in total. The standard InChI is InChI=1S/C16H22/c1-8-3-4-13(8)16-6-12-10-5-11(9(10)2)15(12)14(16)7-16/h3,9-15H,4-7H2,1-2H3. The van der Waals surface area contributed by atoms with Crippen LogP contribution in [0.5, 0.6) is 0 Å². The third kappa shape index (κ3) is 0.693. The Bertz CT molecular complexity index is 406. The topological polar surface area (TPSA) is 0 Å². The van der Waals surface area contributed by atoms with Crippen LogP contribution in [-0.2, 0) is 0 Å². The maximum atomic E-state index is 2.54. The molecule has 6 aliphatic carbocycles. The predicted molar refractivity (Wildman–Crippen MR) is 64.8 cm³/mol. The molecule has 2 bridgehead atoms. The second kappa shape index (κ2) is 2.31. The summed E-state index contributed by atoms with van der Waals surface area (Å²) < 4.78 is 0. The molecule has 8 atom stereocenters. The van der Waals surface area contributed by atoms with Crippen molar-refractivity contribution in [2.45, 2.75) is 39.5 Å². The molecule has 0 nitrogen and oxygen atoms in total. The highest BCUT2D eigenvalue weighted by Gasteiger charge is 2.76. The molecule has 0 aromatic heterocycles. The van der Waals surface area contributed by atoms with E-state index in [0.29, 0.717) is 0 Å². The molecule has 6 aliphatic rings. The molecule has 16 heavy (non-hydrogen) atoms. The Labute approximate surface area is 98.5 Å². The SMILES string of the molecule is CC1=CCC1C12CC3C4CC(C4C)C3C1C2. The fourth-order valence-corrected chi connectivity index (χ4v) is 6.67. The third-order valence-electron chi connectivity index (χ3n) is 7.61. The zero-order chi connectivity index (χ0) is 10.7. The van der Waals surface area contributed by atoms with Crippen molar-refractivity contribution in [2.24, 2.45) is 46.8 Å². The van der Waals surface area contributed by atoms with Gasteiger partial charge in [-0.05, 0) is 79.4 Å². The van der Waals surface area contributed by atoms with Gasteiger partial charge in [0.25, 0.3) is 0 Å². The average molecular weight is 214 g/mol. The molecule has 5 saturated carbocycles. The first-order chi connectivity index (χ1) is 7.72. The van der Waals surface area contributed by atoms with Crippen LogP contribution in [0.25, 0.3) is 0 Å². The Hall–Kier alpha value is -0.260. The van der Waals surface area contributed by atoms with Crippen LogP contribution in [0.3, 0.4) is 0 Å². The van der Waals surface area contributed by atoms with E-state index in [-0.39, 0.29) is 0 Å². The Balaban J connectivity index is 1.48. The van der Waals surface area contributed by atoms with Gasteiger partial charge in [0.2, 0.25) is 0 Å². The number of hydrogen-bond acceptors (Lipinski definition) is 0. The Morgan fingerprint density at radius 3 is 2.62 bits per heavy atom. The third-order valence-corrected chi connectivity index (χ3v) is 7.61. The van der Waals surface area contributed by atoms with Crippen molar-refractivity contribution in [2.75, 3.05) is 0 Å². The molecule has 6 rings (SSSR count). The molecule has 5 fully saturated rings. The van der Waals surface area contributed by atoms with Crippen molar-refractivity contribution >= 4 is 0 Å². The lowest BCUT2D eigenvalue weighted by molar-refractivity contribution is 0.121. The van der Waals surface area contributed by atoms with Crippen LogP contribution in [0.15, 0.2) is 11.6 Å². The van der Waals surface area contributed by atoms with Crippen LogP contribution in [0, 0.1) is 46.8 Å². The summed E-state index contributed by atoms with van der Waals surface area (Å²) in [5.41, 5.74) is 2.59. The van der Waals surface area contributed by atoms with Crippen molar-refractivity contribution in [1.29, 1.82) is 0 Å². The molecule has 8 unspecified atom stereocenters. The van der Waals surface area contributed by atoms with Crippen LogP contribution in [0.1, 0.15) is 39.5 Å². The summed E-state index contributed by atoms with van der Waals surface area (Å²) >= 11 is 0. The minimum atomic E-state index is 0.852. The van der Waals surface area contributed by atoms with E-state index in [1.54, 1.807) is 24.8 Å². The number of rotatable bonds is 1. The van der Waals surface area contributed by atoms with Gasteiger partial charge in [0.15, 0.2) is 0 Å². The first kappa shape index (κ1) is 8.78. The number of allylic oxidation sites excluding steroid dienone is 2. The van der Waals surface area contributed by atoms with E-state index < -0.39 is 0 Å². The summed E-state index contributed by atoms with van der Waals surface area (Å²) in [5.74, 6) is 7.98. The smallest absolute Gasteiger partial charge is 0.0112 e. The molecule has 0 spiro atoms. The molecule has 0 aromatic carbocycles. The first-order valence-electron chi connectivity index (χ1n) is 7.39. The van der Waals surface area contributed by atoms with E-state index in [0.717, 1.165) is 29.1 Å². The van der Waals surface area contributed by atoms with Crippen molar-refractivity contribution in [3.8, 4) is 0 Å². The van der Waals surface area contributed by atoms with Crippen molar-refractivity contribution in [3.05, 3.63) is 11.6 Å². The zero-order valence-corrected chi connectivity index (χ0v) is 10.4. The Kier molecular flexibility index (Phi) is 1.26. The highest BCUT2D eigenvalue weighted by molar-refractivity contribution is 5.31. The van der Waals surface area contributed by atoms with Crippen molar-refractivity contribution in [1.82, 2.24) is 0 Å². The van der Waals surface area contributed by atoms with Gasteiger partial charge in [-0.1, -0.05) is 18.6 Å². The minimum Gasteiger partial charge on any atom is -0.0847 e. The highest BCUT2D eigenvalue weighted by Crippen LogP contribution is 2.82. The molecule has 0 heteroatoms. The normalized spacial score (nSPS) is 68.9. The van der Waals surface area contributed by atoms with E-state index in [9.17, 15) is 0 Å². The van der Waals surface area contributed by atoms with Gasteiger partial charge < -0.3 is 0 Å². The van der Waals surface area contributed by atoms with E-state index in [2.05, 4.69) is 19.9 Å². The second-order valence-corrected chi connectivity index (χ2v) is 7.65. The molecule has 0 aromatic rings. The predicted octanol–water partition coefficient (Wildman–Crippen LogP) is 3.88. The largest absolute Gasteiger partial charge is 0.0847 e. The molecule has 86 valence electrons. The quantitative estimate of drug-likeness (QED) is 0.581. The Morgan fingerprint density at radius 2 is 2.06 bits per heavy atom. The minimum absolute atomic E-state index is 0.852. The maximum absolute atomic E-state index is 2.54. The lowest BCUT2D eigenvalue weighted by Crippen LogP contribution is -2.31. The highest BCUT2D eigenvalue weighted by atomic mass is 14.8. The van der Waals surface area contributed by atoms with Gasteiger partial charge in [-0.25, -0.2) is 0 Å². The molecular weight excluding hydrogens is 192 g/mol. The average Bonchev–Trinajstić information content (AvgIpc) is 2.57. The van der Waals surface area contributed by atoms with Gasteiger partial charge in [0.05, 0.1) is 0 Å². The van der Waals surface area contributed by atoms with Crippen LogP contribution >= 0.6 is 0 Å². The van der Waals surface area contributed by atoms with E-state index >= 15 is 0 Å². The summed E-state index contributed by atoms with van der Waals surface area (Å²) in [6.45, 7) is 4.92. The van der Waals surface area contributed by atoms with Gasteiger partial charge in [0, 0.05) is 0 Å². The number of hydrogen-bond donors (Lipinski definition) is 0. The van der Waals surface area contributed by atoms with Gasteiger partial charge in [-0.15, -0.1) is 0 Å². The molecule has 0 heterocycles. The van der Waals surface area contributed by atoms with Crippen LogP contribution < -0.4 is 0 Å². The van der Waals surface area contributed by atoms with E-state index in [1.165, 1.54) is 24.2 Å². The zero-order valence-electron chi connectivity index (χ0n) is 10.4. The summed E-state index contributed by atoms with van der Waals surface area (Å²) in [6.07, 6.45) is 8.76. The van der Waals surface area contributed by atoms with Gasteiger partial charge >= 0.3 is 0 Å². The van der Waals surface area contributed by atoms with Crippen LogP contribution in [0.4, 0.5) is 0 Å². The fourth-order valence-electron chi connectivity index (χ4n) is 6.67. The van der Waals surface area contributed by atoms with Crippen LogP contribution in [-0.4, -0.2) is 0 Å². The molecule has 0 amide bonds. The van der Waals surface area contributed by atoms with Gasteiger partial charge in [-0.3, -0.25) is 0 Å². The van der Waals surface area contributed by atoms with E-state index in [4.69, 9.17) is 0 Å². The first-order valence-corrected chi connectivity index (χ1v) is 7.39. The van der Waals surface area contributed by atoms with Crippen LogP contribution in [0.2, 0.25) is 0 Å². The summed E-state index contributed by atoms with van der Waals surface area (Å²) in [6, 6.07) is 0. The Morgan fingerprint density at radius 1 is 1.19 bits per heavy atom. The molecule has 0 saturated heterocycles. The number of fused-ring (bicyclic) bond motifs is 1. The van der Waals surface area contributed by atoms with Gasteiger partial charge in [0.1, 0.15) is 0 Å². The van der Waals surface area contributed by atoms with E-state index in [1.807, 2.05) is 0 Å². The summed E-state index contributed by atoms with van der Waals surface area (Å²) in [7, 11) is 0. The van der Waals surface area contributed by atoms with Crippen molar-refractivity contribution < 1.29 is 0 Å². The van der Waals surface area contributed by atoms with Gasteiger partial charge in [-0.2, -0.15) is 0 Å². The maximum Gasteiger partial charge on any atom is -0.0112 e. The lowest BCUT2D eigenvalue weighted by atomic mass is 9.66. The summed E-state index contributed by atoms with van der Waals surface area (Å²) in [5, 5.41) is 0. The molecule has 0 aliphatic heterocycles.